The Labute approximate surface area is 137 Å². The van der Waals surface area contributed by atoms with Gasteiger partial charge in [0.05, 0.1) is 30.4 Å². The molecule has 0 unspecified atom stereocenters. The number of aromatic nitrogens is 2. The van der Waals surface area contributed by atoms with Crippen LogP contribution in [0.1, 0.15) is 5.69 Å². The zero-order valence-corrected chi connectivity index (χ0v) is 13.0. The quantitative estimate of drug-likeness (QED) is 0.686. The molecule has 122 valence electrons. The predicted octanol–water partition coefficient (Wildman–Crippen LogP) is 2.25. The lowest BCUT2D eigenvalue weighted by Crippen LogP contribution is -2.29. The van der Waals surface area contributed by atoms with Crippen molar-refractivity contribution in [3.63, 3.8) is 0 Å². The molecule has 1 heterocycles. The molecule has 0 atom stereocenters. The number of methoxy groups -OCH3 is 1. The van der Waals surface area contributed by atoms with E-state index in [2.05, 4.69) is 20.8 Å². The first-order chi connectivity index (χ1) is 11.7. The number of carbonyl (C=O) groups is 1. The van der Waals surface area contributed by atoms with Gasteiger partial charge in [-0.3, -0.25) is 4.79 Å². The van der Waals surface area contributed by atoms with E-state index in [1.807, 2.05) is 12.1 Å². The van der Waals surface area contributed by atoms with Crippen LogP contribution in [0.15, 0.2) is 53.3 Å². The number of urea groups is 1. The van der Waals surface area contributed by atoms with Crippen LogP contribution in [-0.4, -0.2) is 23.3 Å². The molecule has 3 N–H and O–H groups in total. The first-order valence-corrected chi connectivity index (χ1v) is 7.33. The number of hydrogen-bond acceptors (Lipinski definition) is 4. The Morgan fingerprint density at radius 3 is 2.62 bits per heavy atom. The summed E-state index contributed by atoms with van der Waals surface area (Å²) >= 11 is 0. The third kappa shape index (κ3) is 3.19. The van der Waals surface area contributed by atoms with E-state index in [9.17, 15) is 9.59 Å². The van der Waals surface area contributed by atoms with Crippen LogP contribution in [0.4, 0.5) is 10.5 Å². The van der Waals surface area contributed by atoms with Gasteiger partial charge in [0.2, 0.25) is 0 Å². The summed E-state index contributed by atoms with van der Waals surface area (Å²) in [6, 6.07) is 13.8. The molecule has 2 aromatic carbocycles. The lowest BCUT2D eigenvalue weighted by atomic mass is 10.1. The molecule has 0 saturated heterocycles. The monoisotopic (exact) mass is 324 g/mol. The van der Waals surface area contributed by atoms with Gasteiger partial charge in [-0.05, 0) is 18.2 Å². The number of H-pyrrole nitrogens is 1. The zero-order valence-electron chi connectivity index (χ0n) is 13.0. The highest BCUT2D eigenvalue weighted by Crippen LogP contribution is 2.22. The van der Waals surface area contributed by atoms with Gasteiger partial charge in [-0.2, -0.15) is 5.10 Å². The first kappa shape index (κ1) is 15.5. The second-order valence-electron chi connectivity index (χ2n) is 5.05. The molecule has 3 rings (SSSR count). The van der Waals surface area contributed by atoms with Gasteiger partial charge >= 0.3 is 6.03 Å². The lowest BCUT2D eigenvalue weighted by molar-refractivity contribution is 0.251. The molecule has 24 heavy (non-hydrogen) atoms. The molecule has 0 aliphatic carbocycles. The summed E-state index contributed by atoms with van der Waals surface area (Å²) in [5.41, 5.74) is 0.894. The maximum atomic E-state index is 12.1. The van der Waals surface area contributed by atoms with Gasteiger partial charge in [-0.1, -0.05) is 30.3 Å². The molecule has 0 spiro atoms. The largest absolute Gasteiger partial charge is 0.495 e. The summed E-state index contributed by atoms with van der Waals surface area (Å²) < 4.78 is 5.19. The van der Waals surface area contributed by atoms with Crippen molar-refractivity contribution in [2.24, 2.45) is 0 Å². The van der Waals surface area contributed by atoms with Crippen molar-refractivity contribution in [2.45, 2.75) is 6.54 Å². The topological polar surface area (TPSA) is 96.1 Å². The van der Waals surface area contributed by atoms with Crippen molar-refractivity contribution < 1.29 is 9.53 Å². The van der Waals surface area contributed by atoms with Crippen LogP contribution in [0.5, 0.6) is 5.75 Å². The molecule has 0 bridgehead atoms. The minimum atomic E-state index is -0.392. The first-order valence-electron chi connectivity index (χ1n) is 7.33. The number of benzene rings is 2. The molecular formula is C17H16N4O3. The zero-order chi connectivity index (χ0) is 16.9. The summed E-state index contributed by atoms with van der Waals surface area (Å²) in [7, 11) is 1.54. The van der Waals surface area contributed by atoms with E-state index in [1.54, 1.807) is 36.4 Å². The van der Waals surface area contributed by atoms with Gasteiger partial charge in [0.1, 0.15) is 5.75 Å². The van der Waals surface area contributed by atoms with E-state index in [0.29, 0.717) is 27.9 Å². The van der Waals surface area contributed by atoms with Crippen molar-refractivity contribution in [2.75, 3.05) is 12.4 Å². The van der Waals surface area contributed by atoms with Crippen LogP contribution in [0, 0.1) is 0 Å². The number of ether oxygens (including phenoxy) is 1. The fourth-order valence-corrected chi connectivity index (χ4v) is 2.38. The van der Waals surface area contributed by atoms with Gasteiger partial charge in [0, 0.05) is 5.39 Å². The molecule has 3 aromatic rings. The summed E-state index contributed by atoms with van der Waals surface area (Å²) in [6.07, 6.45) is 0. The summed E-state index contributed by atoms with van der Waals surface area (Å²) in [5, 5.41) is 13.1. The van der Waals surface area contributed by atoms with Gasteiger partial charge in [0.25, 0.3) is 5.56 Å². The van der Waals surface area contributed by atoms with Crippen molar-refractivity contribution in [3.8, 4) is 5.75 Å². The number of amides is 2. The van der Waals surface area contributed by atoms with E-state index in [-0.39, 0.29) is 12.1 Å². The Kier molecular flexibility index (Phi) is 4.42. The SMILES string of the molecule is COc1ccccc1NC(=O)NCc1n[nH]c(=O)c2ccccc12. The molecule has 0 radical (unpaired) electrons. The van der Waals surface area contributed by atoms with E-state index in [4.69, 9.17) is 4.74 Å². The number of para-hydroxylation sites is 2. The fraction of sp³-hybridized carbons (Fsp3) is 0.118. The highest BCUT2D eigenvalue weighted by atomic mass is 16.5. The highest BCUT2D eigenvalue weighted by Gasteiger charge is 2.09. The Balaban J connectivity index is 1.73. The summed E-state index contributed by atoms with van der Waals surface area (Å²) in [4.78, 5) is 23.8. The maximum absolute atomic E-state index is 12.1. The number of fused-ring (bicyclic) bond motifs is 1. The Bertz CT molecular complexity index is 936. The third-order valence-corrected chi connectivity index (χ3v) is 3.55. The highest BCUT2D eigenvalue weighted by molar-refractivity contribution is 5.91. The number of rotatable bonds is 4. The third-order valence-electron chi connectivity index (χ3n) is 3.55. The van der Waals surface area contributed by atoms with Crippen LogP contribution in [0.2, 0.25) is 0 Å². The molecule has 0 aliphatic rings. The molecule has 0 aliphatic heterocycles. The van der Waals surface area contributed by atoms with Gasteiger partial charge < -0.3 is 15.4 Å². The lowest BCUT2D eigenvalue weighted by Gasteiger charge is -2.11. The minimum Gasteiger partial charge on any atom is -0.495 e. The van der Waals surface area contributed by atoms with Gasteiger partial charge in [0.15, 0.2) is 0 Å². The van der Waals surface area contributed by atoms with Crippen LogP contribution in [0.25, 0.3) is 10.8 Å². The smallest absolute Gasteiger partial charge is 0.319 e. The number of carbonyl (C=O) groups excluding carboxylic acids is 1. The van der Waals surface area contributed by atoms with Crippen molar-refractivity contribution >= 4 is 22.5 Å². The molecule has 1 aromatic heterocycles. The van der Waals surface area contributed by atoms with Crippen LogP contribution < -0.4 is 20.9 Å². The molecule has 0 saturated carbocycles. The average Bonchev–Trinajstić information content (AvgIpc) is 2.62. The fourth-order valence-electron chi connectivity index (χ4n) is 2.38. The Morgan fingerprint density at radius 2 is 1.83 bits per heavy atom. The second kappa shape index (κ2) is 6.82. The minimum absolute atomic E-state index is 0.179. The van der Waals surface area contributed by atoms with Gasteiger partial charge in [-0.25, -0.2) is 9.89 Å². The molecule has 2 amide bonds. The number of hydrogen-bond donors (Lipinski definition) is 3. The number of anilines is 1. The Hall–Kier alpha value is -3.35. The van der Waals surface area contributed by atoms with E-state index in [1.165, 1.54) is 7.11 Å². The molecule has 7 heteroatoms. The normalized spacial score (nSPS) is 10.4. The van der Waals surface area contributed by atoms with Crippen LogP contribution >= 0.6 is 0 Å². The van der Waals surface area contributed by atoms with Crippen molar-refractivity contribution in [3.05, 3.63) is 64.6 Å². The standard InChI is InChI=1S/C17H16N4O3/c1-24-15-9-5-4-8-13(15)19-17(23)18-10-14-11-6-2-3-7-12(11)16(22)21-20-14/h2-9H,10H2,1H3,(H,21,22)(H2,18,19,23). The molecule has 0 fully saturated rings. The van der Waals surface area contributed by atoms with Crippen molar-refractivity contribution in [1.82, 2.24) is 15.5 Å². The maximum Gasteiger partial charge on any atom is 0.319 e. The number of nitrogens with one attached hydrogen (secondary N) is 3. The molecular weight excluding hydrogens is 308 g/mol. The van der Waals surface area contributed by atoms with Gasteiger partial charge in [-0.15, -0.1) is 0 Å². The van der Waals surface area contributed by atoms with E-state index >= 15 is 0 Å². The average molecular weight is 324 g/mol. The second-order valence-corrected chi connectivity index (χ2v) is 5.05. The molecule has 7 nitrogen and oxygen atoms in total. The van der Waals surface area contributed by atoms with E-state index in [0.717, 1.165) is 0 Å². The summed E-state index contributed by atoms with van der Waals surface area (Å²) in [6.45, 7) is 0.179. The Morgan fingerprint density at radius 1 is 1.12 bits per heavy atom. The number of aromatic amines is 1. The predicted molar refractivity (Wildman–Crippen MR) is 91.2 cm³/mol. The van der Waals surface area contributed by atoms with E-state index < -0.39 is 6.03 Å². The van der Waals surface area contributed by atoms with Crippen molar-refractivity contribution in [1.29, 1.82) is 0 Å². The van der Waals surface area contributed by atoms with Crippen LogP contribution in [0.3, 0.4) is 0 Å². The summed E-state index contributed by atoms with van der Waals surface area (Å²) in [5.74, 6) is 0.570. The van der Waals surface area contributed by atoms with Crippen LogP contribution in [-0.2, 0) is 6.54 Å². The number of nitrogens with zero attached hydrogens (tertiary/aromatic N) is 1.